The zero-order valence-electron chi connectivity index (χ0n) is 24.2. The van der Waals surface area contributed by atoms with Crippen LogP contribution < -0.4 is 19.8 Å². The first-order chi connectivity index (χ1) is 21.2. The van der Waals surface area contributed by atoms with Crippen LogP contribution in [0.5, 0.6) is 11.6 Å². The molecule has 0 fully saturated rings. The molecule has 0 bridgehead atoms. The maximum absolute atomic E-state index is 14.6. The fourth-order valence-corrected chi connectivity index (χ4v) is 5.72. The minimum Gasteiger partial charge on any atom is -0.486 e. The van der Waals surface area contributed by atoms with Gasteiger partial charge in [-0.25, -0.2) is 9.37 Å². The molecule has 0 spiro atoms. The number of nitrogens with zero attached hydrogens (tertiary/aromatic N) is 6. The average Bonchev–Trinajstić information content (AvgIpc) is 3.04. The lowest BCUT2D eigenvalue weighted by Crippen LogP contribution is -2.38. The van der Waals surface area contributed by atoms with E-state index in [0.717, 1.165) is 23.0 Å². The number of ether oxygens (including phenoxy) is 2. The summed E-state index contributed by atoms with van der Waals surface area (Å²) in [6.45, 7) is 3.96. The van der Waals surface area contributed by atoms with E-state index >= 15 is 0 Å². The maximum atomic E-state index is 14.6. The van der Waals surface area contributed by atoms with Gasteiger partial charge in [-0.3, -0.25) is 4.79 Å². The van der Waals surface area contributed by atoms with Crippen molar-refractivity contribution >= 4 is 22.4 Å². The van der Waals surface area contributed by atoms with Gasteiger partial charge in [-0.2, -0.15) is 4.39 Å². The Kier molecular flexibility index (Phi) is 7.85. The van der Waals surface area contributed by atoms with E-state index in [0.29, 0.717) is 43.9 Å². The van der Waals surface area contributed by atoms with E-state index in [1.54, 1.807) is 30.1 Å². The highest BCUT2D eigenvalue weighted by Crippen LogP contribution is 2.35. The Morgan fingerprint density at radius 3 is 2.82 bits per heavy atom. The van der Waals surface area contributed by atoms with Crippen LogP contribution in [0, 0.1) is 21.7 Å². The van der Waals surface area contributed by atoms with Gasteiger partial charge in [0.05, 0.1) is 36.3 Å². The van der Waals surface area contributed by atoms with E-state index in [1.165, 1.54) is 12.3 Å². The molecule has 5 heterocycles. The predicted octanol–water partition coefficient (Wildman–Crippen LogP) is 4.78. The fraction of sp³-hybridized carbons (Fsp3) is 0.323. The highest BCUT2D eigenvalue weighted by molar-refractivity contribution is 5.86. The number of anilines is 1. The standard InChI is InChI=1S/C31H30F2N6O5/c1-19-18-44-31-28(33)25(32)13-24-29(31)38(19)16-21(30(24)40)15-37(11-8-20-7-9-34-27(12-20)43-2)23-4-3-10-36(17-23)22-5-6-26(35-14-22)39(41)42/h4-7,9,12-14,16,19H,3,8,10-11,15,17-18H2,1-2H3. The van der Waals surface area contributed by atoms with E-state index in [4.69, 9.17) is 9.47 Å². The first-order valence-corrected chi connectivity index (χ1v) is 14.2. The van der Waals surface area contributed by atoms with E-state index in [9.17, 15) is 23.7 Å². The van der Waals surface area contributed by atoms with Crippen molar-refractivity contribution in [1.29, 1.82) is 0 Å². The fourth-order valence-electron chi connectivity index (χ4n) is 5.72. The number of pyridine rings is 3. The van der Waals surface area contributed by atoms with E-state index in [1.807, 2.05) is 19.1 Å². The number of rotatable bonds is 9. The third-order valence-corrected chi connectivity index (χ3v) is 8.05. The second-order valence-electron chi connectivity index (χ2n) is 10.9. The molecule has 0 aliphatic carbocycles. The highest BCUT2D eigenvalue weighted by atomic mass is 19.2. The number of halogens is 2. The monoisotopic (exact) mass is 604 g/mol. The topological polar surface area (TPSA) is 116 Å². The Morgan fingerprint density at radius 2 is 2.07 bits per heavy atom. The number of methoxy groups -OCH3 is 1. The minimum absolute atomic E-state index is 0.0676. The molecule has 4 aromatic rings. The maximum Gasteiger partial charge on any atom is 0.363 e. The largest absolute Gasteiger partial charge is 0.486 e. The highest BCUT2D eigenvalue weighted by Gasteiger charge is 2.28. The lowest BCUT2D eigenvalue weighted by Gasteiger charge is -2.36. The van der Waals surface area contributed by atoms with Crippen LogP contribution in [0.25, 0.3) is 10.9 Å². The van der Waals surface area contributed by atoms with Crippen LogP contribution in [0.15, 0.2) is 65.5 Å². The van der Waals surface area contributed by atoms with Gasteiger partial charge in [0.2, 0.25) is 11.7 Å². The summed E-state index contributed by atoms with van der Waals surface area (Å²) < 4.78 is 41.8. The number of hydrogen-bond donors (Lipinski definition) is 0. The molecule has 11 nitrogen and oxygen atoms in total. The van der Waals surface area contributed by atoms with Crippen molar-refractivity contribution in [3.05, 3.63) is 104 Å². The van der Waals surface area contributed by atoms with E-state index < -0.39 is 22.0 Å². The predicted molar refractivity (Wildman–Crippen MR) is 159 cm³/mol. The van der Waals surface area contributed by atoms with Gasteiger partial charge in [0.1, 0.15) is 6.61 Å². The number of nitro groups is 1. The van der Waals surface area contributed by atoms with Crippen LogP contribution >= 0.6 is 0 Å². The zero-order valence-corrected chi connectivity index (χ0v) is 24.2. The Bertz CT molecular complexity index is 1830. The summed E-state index contributed by atoms with van der Waals surface area (Å²) in [5.41, 5.74) is 2.99. The normalized spacial score (nSPS) is 16.0. The van der Waals surface area contributed by atoms with Gasteiger partial charge < -0.3 is 34.0 Å². The van der Waals surface area contributed by atoms with Crippen molar-refractivity contribution in [3.63, 3.8) is 0 Å². The first-order valence-electron chi connectivity index (χ1n) is 14.2. The molecule has 228 valence electrons. The third-order valence-electron chi connectivity index (χ3n) is 8.05. The third kappa shape index (κ3) is 5.52. The lowest BCUT2D eigenvalue weighted by atomic mass is 10.1. The molecule has 1 aromatic carbocycles. The van der Waals surface area contributed by atoms with Gasteiger partial charge in [-0.05, 0) is 53.4 Å². The van der Waals surface area contributed by atoms with Gasteiger partial charge in [0.15, 0.2) is 23.2 Å². The van der Waals surface area contributed by atoms with Crippen LogP contribution in [0.4, 0.5) is 20.3 Å². The quantitative estimate of drug-likeness (QED) is 0.197. The first kappa shape index (κ1) is 29.0. The van der Waals surface area contributed by atoms with Gasteiger partial charge in [0.25, 0.3) is 0 Å². The Hall–Kier alpha value is -5.07. The molecule has 0 saturated heterocycles. The summed E-state index contributed by atoms with van der Waals surface area (Å²) in [7, 11) is 1.55. The average molecular weight is 605 g/mol. The summed E-state index contributed by atoms with van der Waals surface area (Å²) in [5, 5.41) is 11.2. The molecular formula is C31H30F2N6O5. The molecule has 2 aliphatic heterocycles. The molecule has 6 rings (SSSR count). The molecular weight excluding hydrogens is 574 g/mol. The van der Waals surface area contributed by atoms with Gasteiger partial charge in [-0.15, -0.1) is 0 Å². The van der Waals surface area contributed by atoms with Crippen molar-refractivity contribution < 1.29 is 23.2 Å². The SMILES string of the molecule is COc1cc(CCN(Cc2cn3c4c(c(F)c(F)cc4c2=O)OCC3C)C2=CCCN(c3ccc([N+](=O)[O-])nc3)C2)ccn1. The van der Waals surface area contributed by atoms with Gasteiger partial charge in [0, 0.05) is 55.4 Å². The van der Waals surface area contributed by atoms with Crippen molar-refractivity contribution in [3.8, 4) is 11.6 Å². The van der Waals surface area contributed by atoms with Crippen LogP contribution in [-0.2, 0) is 13.0 Å². The van der Waals surface area contributed by atoms with Crippen molar-refractivity contribution in [1.82, 2.24) is 19.4 Å². The molecule has 0 radical (unpaired) electrons. The molecule has 3 aromatic heterocycles. The minimum atomic E-state index is -1.13. The molecule has 0 N–H and O–H groups in total. The zero-order chi connectivity index (χ0) is 31.0. The molecule has 2 aliphatic rings. The van der Waals surface area contributed by atoms with Crippen LogP contribution in [0.2, 0.25) is 0 Å². The summed E-state index contributed by atoms with van der Waals surface area (Å²) in [4.78, 5) is 36.7. The second-order valence-corrected chi connectivity index (χ2v) is 10.9. The molecule has 1 atom stereocenters. The Morgan fingerprint density at radius 1 is 1.23 bits per heavy atom. The van der Waals surface area contributed by atoms with Crippen LogP contribution in [-0.4, -0.2) is 57.7 Å². The molecule has 0 amide bonds. The summed E-state index contributed by atoms with van der Waals surface area (Å²) in [6.07, 6.45) is 8.33. The second kappa shape index (κ2) is 11.9. The molecule has 1 unspecified atom stereocenters. The number of aromatic nitrogens is 3. The van der Waals surface area contributed by atoms with Crippen molar-refractivity contribution in [2.75, 3.05) is 38.3 Å². The summed E-state index contributed by atoms with van der Waals surface area (Å²) >= 11 is 0. The Labute approximate surface area is 251 Å². The van der Waals surface area contributed by atoms with E-state index in [2.05, 4.69) is 25.8 Å². The summed E-state index contributed by atoms with van der Waals surface area (Å²) in [5.74, 6) is -2.21. The number of hydrogen-bond acceptors (Lipinski definition) is 9. The van der Waals surface area contributed by atoms with Crippen LogP contribution in [0.3, 0.4) is 0 Å². The molecule has 13 heteroatoms. The van der Waals surface area contributed by atoms with Crippen LogP contribution in [0.1, 0.15) is 30.5 Å². The number of benzene rings is 1. The lowest BCUT2D eigenvalue weighted by molar-refractivity contribution is -0.389. The molecule has 0 saturated carbocycles. The van der Waals surface area contributed by atoms with Crippen molar-refractivity contribution in [2.45, 2.75) is 32.4 Å². The van der Waals surface area contributed by atoms with Gasteiger partial charge >= 0.3 is 5.82 Å². The molecule has 44 heavy (non-hydrogen) atoms. The smallest absolute Gasteiger partial charge is 0.363 e. The van der Waals surface area contributed by atoms with E-state index in [-0.39, 0.29) is 41.7 Å². The summed E-state index contributed by atoms with van der Waals surface area (Å²) in [6, 6.07) is 7.57. The van der Waals surface area contributed by atoms with Gasteiger partial charge in [-0.1, -0.05) is 6.08 Å². The Balaban J connectivity index is 1.36. The van der Waals surface area contributed by atoms with Crippen molar-refractivity contribution in [2.24, 2.45) is 0 Å².